The molecule has 2 aromatic rings. The second-order valence-corrected chi connectivity index (χ2v) is 7.48. The first-order valence-corrected chi connectivity index (χ1v) is 9.15. The van der Waals surface area contributed by atoms with Crippen LogP contribution in [0.4, 0.5) is 0 Å². The molecule has 2 aromatic carbocycles. The van der Waals surface area contributed by atoms with E-state index in [1.165, 1.54) is 5.56 Å². The molecule has 0 aromatic heterocycles. The maximum atomic E-state index is 13.0. The number of hydrogen-bond acceptors (Lipinski definition) is 3. The zero-order chi connectivity index (χ0) is 18.7. The van der Waals surface area contributed by atoms with Crippen LogP contribution in [-0.2, 0) is 5.60 Å². The van der Waals surface area contributed by atoms with Crippen molar-refractivity contribution in [1.82, 2.24) is 4.90 Å². The van der Waals surface area contributed by atoms with Crippen molar-refractivity contribution in [3.63, 3.8) is 0 Å². The molecule has 4 nitrogen and oxygen atoms in total. The van der Waals surface area contributed by atoms with Crippen LogP contribution in [0.2, 0.25) is 0 Å². The number of piperidine rings is 1. The number of carbonyl (C=O) groups is 1. The summed E-state index contributed by atoms with van der Waals surface area (Å²) in [6, 6.07) is 15.7. The number of methoxy groups -OCH3 is 1. The third kappa shape index (κ3) is 3.91. The molecular formula is C22H27NO3. The topological polar surface area (TPSA) is 49.8 Å². The van der Waals surface area contributed by atoms with Crippen LogP contribution >= 0.6 is 0 Å². The molecule has 1 amide bonds. The molecule has 0 spiro atoms. The summed E-state index contributed by atoms with van der Waals surface area (Å²) in [4.78, 5) is 14.9. The van der Waals surface area contributed by atoms with E-state index in [4.69, 9.17) is 4.74 Å². The Labute approximate surface area is 155 Å². The average Bonchev–Trinajstić information content (AvgIpc) is 2.67. The molecule has 1 unspecified atom stereocenters. The highest BCUT2D eigenvalue weighted by Gasteiger charge is 2.27. The molecule has 1 saturated heterocycles. The number of rotatable bonds is 4. The van der Waals surface area contributed by atoms with E-state index in [-0.39, 0.29) is 5.91 Å². The molecule has 0 bridgehead atoms. The van der Waals surface area contributed by atoms with Crippen LogP contribution < -0.4 is 4.74 Å². The molecule has 138 valence electrons. The van der Waals surface area contributed by atoms with Crippen LogP contribution in [0.5, 0.6) is 5.75 Å². The van der Waals surface area contributed by atoms with Crippen molar-refractivity contribution in [2.24, 2.45) is 0 Å². The van der Waals surface area contributed by atoms with Crippen molar-refractivity contribution >= 4 is 5.91 Å². The van der Waals surface area contributed by atoms with Gasteiger partial charge in [-0.1, -0.05) is 36.4 Å². The Morgan fingerprint density at radius 1 is 1.19 bits per heavy atom. The van der Waals surface area contributed by atoms with Gasteiger partial charge in [0.2, 0.25) is 0 Å². The lowest BCUT2D eigenvalue weighted by Crippen LogP contribution is -2.39. The lowest BCUT2D eigenvalue weighted by Gasteiger charge is -2.33. The summed E-state index contributed by atoms with van der Waals surface area (Å²) < 4.78 is 5.41. The largest absolute Gasteiger partial charge is 0.496 e. The fourth-order valence-corrected chi connectivity index (χ4v) is 3.67. The Balaban J connectivity index is 1.80. The average molecular weight is 353 g/mol. The van der Waals surface area contributed by atoms with E-state index >= 15 is 0 Å². The van der Waals surface area contributed by atoms with Crippen LogP contribution in [0.25, 0.3) is 0 Å². The van der Waals surface area contributed by atoms with Gasteiger partial charge in [0.1, 0.15) is 5.75 Å². The molecule has 1 fully saturated rings. The van der Waals surface area contributed by atoms with E-state index < -0.39 is 5.60 Å². The van der Waals surface area contributed by atoms with Gasteiger partial charge in [0.25, 0.3) is 5.91 Å². The number of hydrogen-bond donors (Lipinski definition) is 1. The fourth-order valence-electron chi connectivity index (χ4n) is 3.67. The zero-order valence-corrected chi connectivity index (χ0v) is 15.7. The van der Waals surface area contributed by atoms with Gasteiger partial charge < -0.3 is 14.7 Å². The quantitative estimate of drug-likeness (QED) is 0.906. The minimum absolute atomic E-state index is 0.0197. The minimum atomic E-state index is -1.02. The maximum absolute atomic E-state index is 13.0. The number of carbonyl (C=O) groups excluding carboxylic acids is 1. The number of likely N-dealkylation sites (tertiary alicyclic amines) is 1. The summed E-state index contributed by atoms with van der Waals surface area (Å²) in [6.07, 6.45) is 2.11. The van der Waals surface area contributed by atoms with Crippen molar-refractivity contribution in [3.05, 3.63) is 65.2 Å². The molecule has 0 aliphatic carbocycles. The van der Waals surface area contributed by atoms with Gasteiger partial charge in [-0.3, -0.25) is 4.79 Å². The van der Waals surface area contributed by atoms with Gasteiger partial charge in [-0.05, 0) is 44.4 Å². The second-order valence-electron chi connectivity index (χ2n) is 7.48. The van der Waals surface area contributed by atoms with Gasteiger partial charge in [-0.15, -0.1) is 0 Å². The van der Waals surface area contributed by atoms with E-state index in [0.29, 0.717) is 22.8 Å². The summed E-state index contributed by atoms with van der Waals surface area (Å²) >= 11 is 0. The van der Waals surface area contributed by atoms with Crippen LogP contribution in [-0.4, -0.2) is 36.1 Å². The molecule has 26 heavy (non-hydrogen) atoms. The van der Waals surface area contributed by atoms with Crippen LogP contribution in [0.3, 0.4) is 0 Å². The number of aliphatic hydroxyl groups is 1. The third-order valence-electron chi connectivity index (χ3n) is 5.09. The van der Waals surface area contributed by atoms with Gasteiger partial charge in [-0.2, -0.15) is 0 Å². The predicted octanol–water partition coefficient (Wildman–Crippen LogP) is 3.94. The van der Waals surface area contributed by atoms with Crippen LogP contribution in [0.1, 0.15) is 54.1 Å². The minimum Gasteiger partial charge on any atom is -0.496 e. The fraction of sp³-hybridized carbons (Fsp3) is 0.409. The van der Waals surface area contributed by atoms with E-state index in [9.17, 15) is 9.90 Å². The molecule has 1 aliphatic rings. The highest BCUT2D eigenvalue weighted by molar-refractivity contribution is 5.95. The number of benzene rings is 2. The van der Waals surface area contributed by atoms with Crippen molar-refractivity contribution in [3.8, 4) is 5.75 Å². The molecule has 1 heterocycles. The van der Waals surface area contributed by atoms with Crippen molar-refractivity contribution < 1.29 is 14.6 Å². The number of amides is 1. The monoisotopic (exact) mass is 353 g/mol. The van der Waals surface area contributed by atoms with E-state index in [1.807, 2.05) is 11.0 Å². The third-order valence-corrected chi connectivity index (χ3v) is 5.09. The summed E-state index contributed by atoms with van der Waals surface area (Å²) in [6.45, 7) is 4.93. The van der Waals surface area contributed by atoms with Gasteiger partial charge in [0.15, 0.2) is 0 Å². The standard InChI is InChI=1S/C22H27NO3/c1-22(2,25)19-12-11-17(14-20(19)26-3)21(24)23-13-7-10-18(15-23)16-8-5-4-6-9-16/h4-6,8-9,11-12,14,18,25H,7,10,13,15H2,1-3H3. The van der Waals surface area contributed by atoms with Crippen molar-refractivity contribution in [1.29, 1.82) is 0 Å². The molecule has 1 atom stereocenters. The lowest BCUT2D eigenvalue weighted by molar-refractivity contribution is 0.0698. The Morgan fingerprint density at radius 2 is 1.92 bits per heavy atom. The summed E-state index contributed by atoms with van der Waals surface area (Å²) in [5.74, 6) is 0.942. The Hall–Kier alpha value is -2.33. The summed E-state index contributed by atoms with van der Waals surface area (Å²) in [5, 5.41) is 10.3. The lowest BCUT2D eigenvalue weighted by atomic mass is 9.90. The van der Waals surface area contributed by atoms with Gasteiger partial charge in [0, 0.05) is 30.1 Å². The van der Waals surface area contributed by atoms with E-state index in [1.54, 1.807) is 39.2 Å². The van der Waals surface area contributed by atoms with E-state index in [2.05, 4.69) is 24.3 Å². The maximum Gasteiger partial charge on any atom is 0.254 e. The first-order valence-electron chi connectivity index (χ1n) is 9.15. The Bertz CT molecular complexity index is 765. The smallest absolute Gasteiger partial charge is 0.254 e. The molecule has 3 rings (SSSR count). The van der Waals surface area contributed by atoms with Gasteiger partial charge in [-0.25, -0.2) is 0 Å². The normalized spacial score (nSPS) is 17.8. The highest BCUT2D eigenvalue weighted by atomic mass is 16.5. The summed E-state index contributed by atoms with van der Waals surface area (Å²) in [5.41, 5.74) is 1.55. The SMILES string of the molecule is COc1cc(C(=O)N2CCCC(c3ccccc3)C2)ccc1C(C)(C)O. The van der Waals surface area contributed by atoms with E-state index in [0.717, 1.165) is 25.9 Å². The first kappa shape index (κ1) is 18.5. The van der Waals surface area contributed by atoms with Crippen LogP contribution in [0.15, 0.2) is 48.5 Å². The molecule has 0 saturated carbocycles. The van der Waals surface area contributed by atoms with Crippen LogP contribution in [0, 0.1) is 0 Å². The molecule has 0 radical (unpaired) electrons. The number of nitrogens with zero attached hydrogens (tertiary/aromatic N) is 1. The molecular weight excluding hydrogens is 326 g/mol. The molecule has 1 aliphatic heterocycles. The molecule has 4 heteroatoms. The Morgan fingerprint density at radius 3 is 2.58 bits per heavy atom. The first-order chi connectivity index (χ1) is 12.4. The molecule has 1 N–H and O–H groups in total. The second kappa shape index (κ2) is 7.50. The number of ether oxygens (including phenoxy) is 1. The van der Waals surface area contributed by atoms with Gasteiger partial charge >= 0.3 is 0 Å². The predicted molar refractivity (Wildman–Crippen MR) is 103 cm³/mol. The Kier molecular flexibility index (Phi) is 5.33. The zero-order valence-electron chi connectivity index (χ0n) is 15.7. The summed E-state index contributed by atoms with van der Waals surface area (Å²) in [7, 11) is 1.56. The van der Waals surface area contributed by atoms with Gasteiger partial charge in [0.05, 0.1) is 12.7 Å². The van der Waals surface area contributed by atoms with Crippen molar-refractivity contribution in [2.45, 2.75) is 38.2 Å². The highest BCUT2D eigenvalue weighted by Crippen LogP contribution is 2.32. The van der Waals surface area contributed by atoms with Crippen molar-refractivity contribution in [2.75, 3.05) is 20.2 Å².